The van der Waals surface area contributed by atoms with E-state index in [9.17, 15) is 9.90 Å². The number of rotatable bonds is 7. The Morgan fingerprint density at radius 2 is 1.88 bits per heavy atom. The molecule has 0 heterocycles. The molecule has 0 aromatic heterocycles. The van der Waals surface area contributed by atoms with Crippen LogP contribution in [0.5, 0.6) is 0 Å². The van der Waals surface area contributed by atoms with Gasteiger partial charge in [-0.25, -0.2) is 0 Å². The molecule has 0 saturated carbocycles. The van der Waals surface area contributed by atoms with E-state index in [-0.39, 0.29) is 12.5 Å². The Balaban J connectivity index is 2.62. The molecular weight excluding hydrogens is 351 g/mol. The van der Waals surface area contributed by atoms with E-state index in [2.05, 4.69) is 15.6 Å². The van der Waals surface area contributed by atoms with Gasteiger partial charge in [0.2, 0.25) is 5.91 Å². The third-order valence-electron chi connectivity index (χ3n) is 3.17. The summed E-state index contributed by atoms with van der Waals surface area (Å²) >= 11 is 11.9. The molecule has 1 rings (SSSR count). The summed E-state index contributed by atoms with van der Waals surface area (Å²) in [6, 6.07) is 4.92. The Labute approximate surface area is 152 Å². The molecule has 0 fully saturated rings. The number of aliphatic hydroxyl groups is 1. The number of aliphatic imine (C=N–C) groups is 1. The van der Waals surface area contributed by atoms with Crippen molar-refractivity contribution in [3.63, 3.8) is 0 Å². The van der Waals surface area contributed by atoms with Gasteiger partial charge < -0.3 is 20.6 Å². The van der Waals surface area contributed by atoms with E-state index in [4.69, 9.17) is 23.2 Å². The summed E-state index contributed by atoms with van der Waals surface area (Å²) in [5.74, 6) is 0.572. The molecule has 1 atom stereocenters. The Morgan fingerprint density at radius 1 is 1.25 bits per heavy atom. The molecule has 1 aromatic carbocycles. The molecule has 8 heteroatoms. The lowest BCUT2D eigenvalue weighted by Gasteiger charge is -2.15. The lowest BCUT2D eigenvalue weighted by molar-refractivity contribution is -0.128. The first-order valence-electron chi connectivity index (χ1n) is 7.69. The lowest BCUT2D eigenvalue weighted by Crippen LogP contribution is -2.39. The highest BCUT2D eigenvalue weighted by molar-refractivity contribution is 6.34. The number of hydrogen-bond donors (Lipinski definition) is 3. The Kier molecular flexibility index (Phi) is 8.89. The molecule has 1 aromatic rings. The largest absolute Gasteiger partial charge is 0.386 e. The van der Waals surface area contributed by atoms with Gasteiger partial charge in [0.15, 0.2) is 5.96 Å². The number of nitrogens with zero attached hydrogens (tertiary/aromatic N) is 2. The van der Waals surface area contributed by atoms with E-state index in [1.807, 2.05) is 6.92 Å². The fraction of sp³-hybridized carbons (Fsp3) is 0.500. The summed E-state index contributed by atoms with van der Waals surface area (Å²) in [5, 5.41) is 17.3. The number of guanidine groups is 1. The average molecular weight is 375 g/mol. The molecule has 1 amide bonds. The van der Waals surface area contributed by atoms with Crippen LogP contribution in [-0.2, 0) is 4.79 Å². The summed E-state index contributed by atoms with van der Waals surface area (Å²) < 4.78 is 0. The zero-order valence-corrected chi connectivity index (χ0v) is 15.7. The molecule has 3 N–H and O–H groups in total. The summed E-state index contributed by atoms with van der Waals surface area (Å²) in [6.45, 7) is 3.22. The molecular formula is C16H24Cl2N4O2. The molecule has 0 aliphatic heterocycles. The van der Waals surface area contributed by atoms with Crippen LogP contribution in [-0.4, -0.2) is 55.6 Å². The van der Waals surface area contributed by atoms with Crippen molar-refractivity contribution in [1.29, 1.82) is 0 Å². The van der Waals surface area contributed by atoms with Crippen molar-refractivity contribution >= 4 is 35.1 Å². The summed E-state index contributed by atoms with van der Waals surface area (Å²) in [5.41, 5.74) is 0.606. The normalized spacial score (nSPS) is 12.7. The van der Waals surface area contributed by atoms with Gasteiger partial charge in [-0.15, -0.1) is 0 Å². The van der Waals surface area contributed by atoms with Crippen LogP contribution >= 0.6 is 23.2 Å². The predicted octanol–water partition coefficient (Wildman–Crippen LogP) is 2.06. The van der Waals surface area contributed by atoms with Gasteiger partial charge in [-0.1, -0.05) is 23.2 Å². The van der Waals surface area contributed by atoms with E-state index in [1.165, 1.54) is 0 Å². The van der Waals surface area contributed by atoms with Crippen LogP contribution in [0.2, 0.25) is 10.0 Å². The van der Waals surface area contributed by atoms with Crippen LogP contribution in [0.25, 0.3) is 0 Å². The number of carbonyl (C=O) groups is 1. The third kappa shape index (κ3) is 7.38. The smallest absolute Gasteiger partial charge is 0.223 e. The zero-order valence-electron chi connectivity index (χ0n) is 14.1. The molecule has 0 aliphatic rings. The van der Waals surface area contributed by atoms with E-state index < -0.39 is 6.10 Å². The second-order valence-corrected chi connectivity index (χ2v) is 6.28. The van der Waals surface area contributed by atoms with Crippen LogP contribution in [0.1, 0.15) is 25.0 Å². The van der Waals surface area contributed by atoms with Crippen molar-refractivity contribution < 1.29 is 9.90 Å². The third-order valence-corrected chi connectivity index (χ3v) is 3.60. The topological polar surface area (TPSA) is 77.0 Å². The molecule has 24 heavy (non-hydrogen) atoms. The highest BCUT2D eigenvalue weighted by atomic mass is 35.5. The van der Waals surface area contributed by atoms with Gasteiger partial charge in [0.05, 0.1) is 12.6 Å². The molecule has 0 bridgehead atoms. The van der Waals surface area contributed by atoms with Crippen LogP contribution in [0, 0.1) is 0 Å². The minimum atomic E-state index is -0.819. The maximum absolute atomic E-state index is 11.6. The maximum Gasteiger partial charge on any atom is 0.223 e. The number of benzene rings is 1. The first-order chi connectivity index (χ1) is 11.3. The predicted molar refractivity (Wildman–Crippen MR) is 98.7 cm³/mol. The lowest BCUT2D eigenvalue weighted by atomic mass is 10.1. The molecule has 6 nitrogen and oxygen atoms in total. The van der Waals surface area contributed by atoms with Crippen molar-refractivity contribution in [2.24, 2.45) is 4.99 Å². The number of carbonyl (C=O) groups excluding carboxylic acids is 1. The van der Waals surface area contributed by atoms with Gasteiger partial charge >= 0.3 is 0 Å². The van der Waals surface area contributed by atoms with Crippen LogP contribution in [0.3, 0.4) is 0 Å². The van der Waals surface area contributed by atoms with Gasteiger partial charge in [0.1, 0.15) is 0 Å². The summed E-state index contributed by atoms with van der Waals surface area (Å²) in [6.07, 6.45) is -0.454. The number of aliphatic hydroxyl groups excluding tert-OH is 1. The molecule has 134 valence electrons. The van der Waals surface area contributed by atoms with Crippen molar-refractivity contribution in [2.45, 2.75) is 19.4 Å². The van der Waals surface area contributed by atoms with Gasteiger partial charge in [0, 0.05) is 43.7 Å². The van der Waals surface area contributed by atoms with Crippen LogP contribution in [0.15, 0.2) is 23.2 Å². The number of nitrogens with one attached hydrogen (secondary N) is 2. The van der Waals surface area contributed by atoms with Gasteiger partial charge in [0.25, 0.3) is 0 Å². The van der Waals surface area contributed by atoms with E-state index in [1.54, 1.807) is 37.2 Å². The Morgan fingerprint density at radius 3 is 2.42 bits per heavy atom. The molecule has 1 unspecified atom stereocenters. The molecule has 0 saturated heterocycles. The number of halogens is 2. The minimum absolute atomic E-state index is 0.0342. The first-order valence-corrected chi connectivity index (χ1v) is 8.45. The van der Waals surface area contributed by atoms with E-state index in [0.29, 0.717) is 41.1 Å². The highest BCUT2D eigenvalue weighted by Gasteiger charge is 2.10. The number of hydrogen-bond acceptors (Lipinski definition) is 3. The van der Waals surface area contributed by atoms with E-state index >= 15 is 0 Å². The van der Waals surface area contributed by atoms with Crippen LogP contribution in [0.4, 0.5) is 0 Å². The van der Waals surface area contributed by atoms with Crippen LogP contribution < -0.4 is 10.6 Å². The summed E-state index contributed by atoms with van der Waals surface area (Å²) in [7, 11) is 3.43. The quantitative estimate of drug-likeness (QED) is 0.504. The Bertz CT molecular complexity index is 559. The summed E-state index contributed by atoms with van der Waals surface area (Å²) in [4.78, 5) is 17.4. The monoisotopic (exact) mass is 374 g/mol. The van der Waals surface area contributed by atoms with Crippen molar-refractivity contribution in [3.05, 3.63) is 33.8 Å². The van der Waals surface area contributed by atoms with E-state index in [0.717, 1.165) is 0 Å². The zero-order chi connectivity index (χ0) is 18.1. The van der Waals surface area contributed by atoms with Gasteiger partial charge in [-0.3, -0.25) is 9.79 Å². The fourth-order valence-electron chi connectivity index (χ4n) is 1.90. The molecule has 0 spiro atoms. The average Bonchev–Trinajstić information content (AvgIpc) is 2.51. The second kappa shape index (κ2) is 10.4. The van der Waals surface area contributed by atoms with Crippen molar-refractivity contribution in [2.75, 3.05) is 33.7 Å². The standard InChI is InChI=1S/C16H24Cl2N4O2/c1-4-19-16(20-6-5-15(24)22(2)3)21-10-14(23)11-7-12(17)9-13(18)8-11/h7-9,14,23H,4-6,10H2,1-3H3,(H2,19,20,21). The minimum Gasteiger partial charge on any atom is -0.386 e. The maximum atomic E-state index is 11.6. The Hall–Kier alpha value is -1.50. The highest BCUT2D eigenvalue weighted by Crippen LogP contribution is 2.23. The van der Waals surface area contributed by atoms with Gasteiger partial charge in [-0.05, 0) is 30.7 Å². The van der Waals surface area contributed by atoms with Crippen molar-refractivity contribution in [3.8, 4) is 0 Å². The van der Waals surface area contributed by atoms with Gasteiger partial charge in [-0.2, -0.15) is 0 Å². The SMILES string of the molecule is CCNC(=NCC(O)c1cc(Cl)cc(Cl)c1)NCCC(=O)N(C)C. The molecule has 0 aliphatic carbocycles. The molecule has 0 radical (unpaired) electrons. The first kappa shape index (κ1) is 20.5. The van der Waals surface area contributed by atoms with Crippen molar-refractivity contribution in [1.82, 2.24) is 15.5 Å². The number of amides is 1. The fourth-order valence-corrected chi connectivity index (χ4v) is 2.45. The second-order valence-electron chi connectivity index (χ2n) is 5.40.